The standard InChI is InChI=1S/C19H22N4OS2/c1-9-13-10(2)20-15(11-6-7-11)22-17(13)26-14(9)16(24)23-18-21-12(8-25-18)19(3,4)5/h8,11H,6-7H2,1-5H3,(H,21,23,24). The summed E-state index contributed by atoms with van der Waals surface area (Å²) in [5.41, 5.74) is 2.88. The number of anilines is 1. The third-order valence-corrected chi connectivity index (χ3v) is 6.57. The highest BCUT2D eigenvalue weighted by Gasteiger charge is 2.28. The summed E-state index contributed by atoms with van der Waals surface area (Å²) in [4.78, 5) is 28.4. The molecular formula is C19H22N4OS2. The molecule has 1 aliphatic carbocycles. The zero-order valence-corrected chi connectivity index (χ0v) is 17.3. The Morgan fingerprint density at radius 3 is 2.54 bits per heavy atom. The Bertz CT molecular complexity index is 1010. The molecule has 1 amide bonds. The molecular weight excluding hydrogens is 364 g/mol. The van der Waals surface area contributed by atoms with E-state index in [-0.39, 0.29) is 11.3 Å². The van der Waals surface area contributed by atoms with E-state index < -0.39 is 0 Å². The van der Waals surface area contributed by atoms with Crippen LogP contribution in [-0.2, 0) is 5.41 Å². The van der Waals surface area contributed by atoms with Gasteiger partial charge in [-0.1, -0.05) is 20.8 Å². The zero-order valence-electron chi connectivity index (χ0n) is 15.6. The van der Waals surface area contributed by atoms with Crippen molar-refractivity contribution in [3.63, 3.8) is 0 Å². The number of fused-ring (bicyclic) bond motifs is 1. The lowest BCUT2D eigenvalue weighted by atomic mass is 9.93. The maximum atomic E-state index is 12.8. The molecule has 7 heteroatoms. The Balaban J connectivity index is 1.65. The van der Waals surface area contributed by atoms with Crippen molar-refractivity contribution in [1.82, 2.24) is 15.0 Å². The molecule has 3 aromatic rings. The van der Waals surface area contributed by atoms with Crippen molar-refractivity contribution >= 4 is 43.9 Å². The normalized spacial score (nSPS) is 14.8. The largest absolute Gasteiger partial charge is 0.297 e. The van der Waals surface area contributed by atoms with Crippen molar-refractivity contribution < 1.29 is 4.79 Å². The molecule has 1 fully saturated rings. The van der Waals surface area contributed by atoms with Crippen LogP contribution in [0.2, 0.25) is 0 Å². The quantitative estimate of drug-likeness (QED) is 0.672. The van der Waals surface area contributed by atoms with Gasteiger partial charge < -0.3 is 0 Å². The fourth-order valence-electron chi connectivity index (χ4n) is 2.93. The fraction of sp³-hybridized carbons (Fsp3) is 0.474. The minimum atomic E-state index is -0.118. The van der Waals surface area contributed by atoms with Crippen molar-refractivity contribution in [3.8, 4) is 0 Å². The molecule has 0 bridgehead atoms. The number of rotatable bonds is 3. The van der Waals surface area contributed by atoms with Crippen LogP contribution in [0.1, 0.15) is 72.0 Å². The summed E-state index contributed by atoms with van der Waals surface area (Å²) in [6.07, 6.45) is 2.34. The summed E-state index contributed by atoms with van der Waals surface area (Å²) in [6, 6.07) is 0. The topological polar surface area (TPSA) is 67.8 Å². The average Bonchev–Trinajstić information content (AvgIpc) is 3.20. The first-order valence-electron chi connectivity index (χ1n) is 8.79. The second kappa shape index (κ2) is 6.09. The molecule has 1 saturated carbocycles. The molecule has 0 unspecified atom stereocenters. The molecule has 0 radical (unpaired) electrons. The van der Waals surface area contributed by atoms with Crippen molar-refractivity contribution in [2.75, 3.05) is 5.32 Å². The van der Waals surface area contributed by atoms with Crippen LogP contribution >= 0.6 is 22.7 Å². The molecule has 0 spiro atoms. The number of aryl methyl sites for hydroxylation is 2. The number of nitrogens with zero attached hydrogens (tertiary/aromatic N) is 3. The molecule has 136 valence electrons. The highest BCUT2D eigenvalue weighted by Crippen LogP contribution is 2.40. The van der Waals surface area contributed by atoms with Gasteiger partial charge in [0.05, 0.1) is 16.3 Å². The van der Waals surface area contributed by atoms with Crippen LogP contribution in [0.25, 0.3) is 10.2 Å². The monoisotopic (exact) mass is 386 g/mol. The van der Waals surface area contributed by atoms with Gasteiger partial charge >= 0.3 is 0 Å². The van der Waals surface area contributed by atoms with E-state index in [1.54, 1.807) is 0 Å². The number of hydrogen-bond acceptors (Lipinski definition) is 6. The Kier molecular flexibility index (Phi) is 4.11. The lowest BCUT2D eigenvalue weighted by molar-refractivity contribution is 0.103. The highest BCUT2D eigenvalue weighted by molar-refractivity contribution is 7.21. The minimum absolute atomic E-state index is 0.0288. The Hall–Kier alpha value is -1.86. The maximum absolute atomic E-state index is 12.8. The van der Waals surface area contributed by atoms with Crippen LogP contribution in [0.4, 0.5) is 5.13 Å². The zero-order chi connectivity index (χ0) is 18.6. The van der Waals surface area contributed by atoms with Gasteiger partial charge in [-0.15, -0.1) is 22.7 Å². The summed E-state index contributed by atoms with van der Waals surface area (Å²) >= 11 is 2.91. The van der Waals surface area contributed by atoms with Crippen molar-refractivity contribution in [1.29, 1.82) is 0 Å². The molecule has 1 N–H and O–H groups in total. The van der Waals surface area contributed by atoms with E-state index in [9.17, 15) is 4.79 Å². The number of amides is 1. The molecule has 0 aromatic carbocycles. The van der Waals surface area contributed by atoms with Gasteiger partial charge in [0.2, 0.25) is 0 Å². The molecule has 5 nitrogen and oxygen atoms in total. The maximum Gasteiger partial charge on any atom is 0.267 e. The number of carbonyl (C=O) groups is 1. The van der Waals surface area contributed by atoms with E-state index in [4.69, 9.17) is 4.98 Å². The molecule has 0 aliphatic heterocycles. The predicted octanol–water partition coefficient (Wildman–Crippen LogP) is 5.19. The predicted molar refractivity (Wildman–Crippen MR) is 108 cm³/mol. The molecule has 3 heterocycles. The number of thiazole rings is 1. The molecule has 1 aliphatic rings. The number of thiophene rings is 1. The Morgan fingerprint density at radius 2 is 1.92 bits per heavy atom. The molecule has 0 saturated heterocycles. The first-order chi connectivity index (χ1) is 12.2. The van der Waals surface area contributed by atoms with E-state index >= 15 is 0 Å². The second-order valence-corrected chi connectivity index (χ2v) is 9.78. The SMILES string of the molecule is Cc1nc(C2CC2)nc2sc(C(=O)Nc3nc(C(C)(C)C)cs3)c(C)c12. The smallest absolute Gasteiger partial charge is 0.267 e. The number of aromatic nitrogens is 3. The summed E-state index contributed by atoms with van der Waals surface area (Å²) in [6.45, 7) is 10.3. The molecule has 0 atom stereocenters. The first kappa shape index (κ1) is 17.5. The van der Waals surface area contributed by atoms with Gasteiger partial charge in [-0.2, -0.15) is 0 Å². The van der Waals surface area contributed by atoms with Crippen LogP contribution in [0, 0.1) is 13.8 Å². The molecule has 3 aromatic heterocycles. The van der Waals surface area contributed by atoms with Gasteiger partial charge in [-0.05, 0) is 32.3 Å². The number of nitrogens with one attached hydrogen (secondary N) is 1. The van der Waals surface area contributed by atoms with Crippen molar-refractivity contribution in [2.45, 2.75) is 58.8 Å². The van der Waals surface area contributed by atoms with Crippen LogP contribution in [0.5, 0.6) is 0 Å². The van der Waals surface area contributed by atoms with Crippen molar-refractivity contribution in [2.24, 2.45) is 0 Å². The van der Waals surface area contributed by atoms with Crippen LogP contribution < -0.4 is 5.32 Å². The van der Waals surface area contributed by atoms with Crippen LogP contribution in [-0.4, -0.2) is 20.9 Å². The van der Waals surface area contributed by atoms with E-state index in [2.05, 4.69) is 36.1 Å². The number of carbonyl (C=O) groups excluding carboxylic acids is 1. The molecule has 26 heavy (non-hydrogen) atoms. The van der Waals surface area contributed by atoms with Gasteiger partial charge in [0.25, 0.3) is 5.91 Å². The Morgan fingerprint density at radius 1 is 1.19 bits per heavy atom. The van der Waals surface area contributed by atoms with Gasteiger partial charge in [0, 0.05) is 22.1 Å². The van der Waals surface area contributed by atoms with Gasteiger partial charge in [-0.25, -0.2) is 15.0 Å². The first-order valence-corrected chi connectivity index (χ1v) is 10.5. The minimum Gasteiger partial charge on any atom is -0.297 e. The van der Waals surface area contributed by atoms with E-state index in [0.717, 1.165) is 33.0 Å². The lowest BCUT2D eigenvalue weighted by Gasteiger charge is -2.14. The van der Waals surface area contributed by atoms with Crippen LogP contribution in [0.3, 0.4) is 0 Å². The lowest BCUT2D eigenvalue weighted by Crippen LogP contribution is -2.14. The van der Waals surface area contributed by atoms with Gasteiger partial charge in [-0.3, -0.25) is 10.1 Å². The summed E-state index contributed by atoms with van der Waals surface area (Å²) in [7, 11) is 0. The van der Waals surface area contributed by atoms with Crippen molar-refractivity contribution in [3.05, 3.63) is 33.0 Å². The summed E-state index contributed by atoms with van der Waals surface area (Å²) < 4.78 is 0. The average molecular weight is 387 g/mol. The number of hydrogen-bond donors (Lipinski definition) is 1. The van der Waals surface area contributed by atoms with E-state index in [1.165, 1.54) is 35.5 Å². The molecule has 4 rings (SSSR count). The second-order valence-electron chi connectivity index (χ2n) is 7.92. The van der Waals surface area contributed by atoms with E-state index in [0.29, 0.717) is 15.9 Å². The Labute approximate surface area is 160 Å². The van der Waals surface area contributed by atoms with E-state index in [1.807, 2.05) is 19.2 Å². The van der Waals surface area contributed by atoms with Crippen LogP contribution in [0.15, 0.2) is 5.38 Å². The van der Waals surface area contributed by atoms with Gasteiger partial charge in [0.15, 0.2) is 5.13 Å². The summed E-state index contributed by atoms with van der Waals surface area (Å²) in [5.74, 6) is 1.31. The summed E-state index contributed by atoms with van der Waals surface area (Å²) in [5, 5.41) is 6.61. The third-order valence-electron chi connectivity index (χ3n) is 4.63. The third kappa shape index (κ3) is 3.14. The highest BCUT2D eigenvalue weighted by atomic mass is 32.1. The fourth-order valence-corrected chi connectivity index (χ4v) is 5.00. The van der Waals surface area contributed by atoms with Gasteiger partial charge in [0.1, 0.15) is 10.7 Å².